The van der Waals surface area contributed by atoms with E-state index in [1.54, 1.807) is 21.9 Å². The smallest absolute Gasteiger partial charge is 0.317 e. The van der Waals surface area contributed by atoms with Gasteiger partial charge in [0, 0.05) is 37.6 Å². The summed E-state index contributed by atoms with van der Waals surface area (Å²) in [7, 11) is 0. The molecule has 2 aliphatic rings. The Bertz CT molecular complexity index is 939. The maximum absolute atomic E-state index is 13.5. The molecule has 0 radical (unpaired) electrons. The van der Waals surface area contributed by atoms with Crippen LogP contribution in [0.25, 0.3) is 0 Å². The fraction of sp³-hybridized carbons (Fsp3) is 0.400. The van der Waals surface area contributed by atoms with Gasteiger partial charge in [-0.2, -0.15) is 26.3 Å². The predicted molar refractivity (Wildman–Crippen MR) is 99.0 cm³/mol. The SMILES string of the molecule is FC(F)(F)c1ccccc1CN1c2ncccc2C=NC1N1CCC(C(F)(F)F)C1. The van der Waals surface area contributed by atoms with Crippen molar-refractivity contribution in [1.82, 2.24) is 9.88 Å². The van der Waals surface area contributed by atoms with Crippen molar-refractivity contribution in [2.24, 2.45) is 10.9 Å². The number of aromatic nitrogens is 1. The Balaban J connectivity index is 1.69. The molecule has 2 aliphatic heterocycles. The van der Waals surface area contributed by atoms with Gasteiger partial charge in [-0.3, -0.25) is 9.89 Å². The molecule has 1 saturated heterocycles. The van der Waals surface area contributed by atoms with Crippen LogP contribution in [0.1, 0.15) is 23.1 Å². The first-order valence-electron chi connectivity index (χ1n) is 9.35. The molecular formula is C20H18F6N4. The molecule has 2 aromatic rings. The molecule has 2 atom stereocenters. The fourth-order valence-electron chi connectivity index (χ4n) is 3.92. The molecule has 0 spiro atoms. The standard InChI is InChI=1S/C20H18F6N4/c21-19(22,23)15-7-9-29(12-15)18-28-10-13-5-3-8-27-17(13)30(18)11-14-4-1-2-6-16(14)20(24,25)26/h1-6,8,10,15,18H,7,9,11-12H2. The lowest BCUT2D eigenvalue weighted by Gasteiger charge is -2.39. The van der Waals surface area contributed by atoms with Crippen molar-refractivity contribution in [1.29, 1.82) is 0 Å². The predicted octanol–water partition coefficient (Wildman–Crippen LogP) is 4.71. The summed E-state index contributed by atoms with van der Waals surface area (Å²) >= 11 is 0. The Morgan fingerprint density at radius 1 is 1.00 bits per heavy atom. The molecule has 2 unspecified atom stereocenters. The van der Waals surface area contributed by atoms with E-state index in [1.807, 2.05) is 0 Å². The van der Waals surface area contributed by atoms with E-state index in [-0.39, 0.29) is 31.6 Å². The van der Waals surface area contributed by atoms with Crippen LogP contribution in [-0.2, 0) is 12.7 Å². The van der Waals surface area contributed by atoms with Gasteiger partial charge in [0.1, 0.15) is 5.82 Å². The number of nitrogens with zero attached hydrogens (tertiary/aromatic N) is 4. The van der Waals surface area contributed by atoms with Crippen LogP contribution in [0.15, 0.2) is 47.6 Å². The number of alkyl halides is 6. The number of halogens is 6. The Labute approximate surface area is 168 Å². The summed E-state index contributed by atoms with van der Waals surface area (Å²) in [6.07, 6.45) is -6.79. The van der Waals surface area contributed by atoms with Crippen LogP contribution < -0.4 is 4.90 Å². The molecule has 1 aromatic heterocycles. The Morgan fingerprint density at radius 2 is 1.77 bits per heavy atom. The largest absolute Gasteiger partial charge is 0.416 e. The number of benzene rings is 1. The van der Waals surface area contributed by atoms with Crippen LogP contribution in [0.2, 0.25) is 0 Å². The summed E-state index contributed by atoms with van der Waals surface area (Å²) in [5.74, 6) is -1.09. The van der Waals surface area contributed by atoms with E-state index in [1.165, 1.54) is 30.6 Å². The molecular weight excluding hydrogens is 410 g/mol. The minimum absolute atomic E-state index is 0.00951. The van der Waals surface area contributed by atoms with E-state index in [0.29, 0.717) is 11.4 Å². The van der Waals surface area contributed by atoms with Crippen LogP contribution in [0, 0.1) is 5.92 Å². The minimum atomic E-state index is -4.55. The molecule has 1 fully saturated rings. The lowest BCUT2D eigenvalue weighted by Crippen LogP contribution is -2.49. The maximum Gasteiger partial charge on any atom is 0.416 e. The number of anilines is 1. The van der Waals surface area contributed by atoms with Gasteiger partial charge in [-0.15, -0.1) is 0 Å². The highest BCUT2D eigenvalue weighted by atomic mass is 19.4. The third-order valence-electron chi connectivity index (χ3n) is 5.39. The van der Waals surface area contributed by atoms with E-state index >= 15 is 0 Å². The zero-order valence-electron chi connectivity index (χ0n) is 15.7. The molecule has 1 aromatic carbocycles. The number of hydrogen-bond donors (Lipinski definition) is 0. The average molecular weight is 428 g/mol. The zero-order valence-corrected chi connectivity index (χ0v) is 15.7. The number of rotatable bonds is 3. The quantitative estimate of drug-likeness (QED) is 0.664. The van der Waals surface area contributed by atoms with E-state index in [4.69, 9.17) is 0 Å². The molecule has 0 saturated carbocycles. The summed E-state index contributed by atoms with van der Waals surface area (Å²) in [4.78, 5) is 11.7. The molecule has 0 bridgehead atoms. The normalized spacial score (nSPS) is 22.4. The number of fused-ring (bicyclic) bond motifs is 1. The molecule has 3 heterocycles. The van der Waals surface area contributed by atoms with Crippen LogP contribution in [-0.4, -0.2) is 41.7 Å². The Morgan fingerprint density at radius 3 is 2.47 bits per heavy atom. The summed E-state index contributed by atoms with van der Waals surface area (Å²) in [6, 6.07) is 8.55. The second-order valence-electron chi connectivity index (χ2n) is 7.35. The molecule has 30 heavy (non-hydrogen) atoms. The van der Waals surface area contributed by atoms with Crippen molar-refractivity contribution in [2.45, 2.75) is 31.6 Å². The number of aliphatic imine (C=N–C) groups is 1. The highest BCUT2D eigenvalue weighted by Gasteiger charge is 2.46. The van der Waals surface area contributed by atoms with Crippen molar-refractivity contribution in [2.75, 3.05) is 18.0 Å². The summed E-state index contributed by atoms with van der Waals surface area (Å²) in [6.45, 7) is -0.300. The van der Waals surface area contributed by atoms with E-state index in [2.05, 4.69) is 9.98 Å². The van der Waals surface area contributed by atoms with Crippen molar-refractivity contribution in [3.8, 4) is 0 Å². The topological polar surface area (TPSA) is 31.7 Å². The van der Waals surface area contributed by atoms with Gasteiger partial charge in [0.25, 0.3) is 0 Å². The Hall–Kier alpha value is -2.62. The van der Waals surface area contributed by atoms with Crippen LogP contribution >= 0.6 is 0 Å². The second kappa shape index (κ2) is 7.57. The lowest BCUT2D eigenvalue weighted by molar-refractivity contribution is -0.170. The fourth-order valence-corrected chi connectivity index (χ4v) is 3.92. The van der Waals surface area contributed by atoms with Gasteiger partial charge < -0.3 is 4.90 Å². The lowest BCUT2D eigenvalue weighted by atomic mass is 10.1. The molecule has 4 nitrogen and oxygen atoms in total. The van der Waals surface area contributed by atoms with Crippen molar-refractivity contribution in [3.05, 3.63) is 59.3 Å². The van der Waals surface area contributed by atoms with Gasteiger partial charge in [0.15, 0.2) is 6.29 Å². The monoisotopic (exact) mass is 428 g/mol. The van der Waals surface area contributed by atoms with Gasteiger partial charge >= 0.3 is 12.4 Å². The van der Waals surface area contributed by atoms with E-state index in [0.717, 1.165) is 6.07 Å². The summed E-state index contributed by atoms with van der Waals surface area (Å²) in [5.41, 5.74) is -0.176. The zero-order chi connectivity index (χ0) is 21.5. The first kappa shape index (κ1) is 20.6. The Kier molecular flexibility index (Phi) is 5.21. The molecule has 0 N–H and O–H groups in total. The van der Waals surface area contributed by atoms with Gasteiger partial charge in [-0.1, -0.05) is 18.2 Å². The maximum atomic E-state index is 13.5. The van der Waals surface area contributed by atoms with E-state index in [9.17, 15) is 26.3 Å². The second-order valence-corrected chi connectivity index (χ2v) is 7.35. The van der Waals surface area contributed by atoms with Gasteiger partial charge in [-0.25, -0.2) is 4.98 Å². The first-order valence-corrected chi connectivity index (χ1v) is 9.35. The molecule has 0 aliphatic carbocycles. The molecule has 10 heteroatoms. The van der Waals surface area contributed by atoms with Crippen molar-refractivity contribution >= 4 is 12.0 Å². The van der Waals surface area contributed by atoms with Gasteiger partial charge in [-0.05, 0) is 30.2 Å². The molecule has 160 valence electrons. The number of pyridine rings is 1. The third kappa shape index (κ3) is 4.00. The highest BCUT2D eigenvalue weighted by molar-refractivity contribution is 5.88. The van der Waals surface area contributed by atoms with Crippen molar-refractivity contribution < 1.29 is 26.3 Å². The number of hydrogen-bond acceptors (Lipinski definition) is 4. The minimum Gasteiger partial charge on any atom is -0.317 e. The van der Waals surface area contributed by atoms with Crippen LogP contribution in [0.5, 0.6) is 0 Å². The first-order chi connectivity index (χ1) is 14.1. The highest BCUT2D eigenvalue weighted by Crippen LogP contribution is 2.38. The van der Waals surface area contributed by atoms with Gasteiger partial charge in [0.2, 0.25) is 0 Å². The van der Waals surface area contributed by atoms with Crippen LogP contribution in [0.3, 0.4) is 0 Å². The summed E-state index contributed by atoms with van der Waals surface area (Å²) < 4.78 is 79.9. The molecule has 0 amide bonds. The van der Waals surface area contributed by atoms with E-state index < -0.39 is 30.1 Å². The van der Waals surface area contributed by atoms with Crippen molar-refractivity contribution in [3.63, 3.8) is 0 Å². The summed E-state index contributed by atoms with van der Waals surface area (Å²) in [5, 5.41) is 0. The van der Waals surface area contributed by atoms with Gasteiger partial charge in [0.05, 0.1) is 11.5 Å². The number of likely N-dealkylation sites (tertiary alicyclic amines) is 1. The average Bonchev–Trinajstić information content (AvgIpc) is 3.18. The molecule has 4 rings (SSSR count). The van der Waals surface area contributed by atoms with Crippen LogP contribution in [0.4, 0.5) is 32.2 Å². The third-order valence-corrected chi connectivity index (χ3v) is 5.39.